The average Bonchev–Trinajstić information content (AvgIpc) is 3.04. The summed E-state index contributed by atoms with van der Waals surface area (Å²) < 4.78 is 67.1. The van der Waals surface area contributed by atoms with Gasteiger partial charge in [0.1, 0.15) is 11.5 Å². The van der Waals surface area contributed by atoms with Gasteiger partial charge < -0.3 is 56.8 Å². The molecule has 1 heterocycles. The number of hydrogen-bond acceptors (Lipinski definition) is 15. The van der Waals surface area contributed by atoms with Gasteiger partial charge in [0.25, 0.3) is 5.79 Å². The van der Waals surface area contributed by atoms with Crippen molar-refractivity contribution in [2.75, 3.05) is 69.8 Å². The van der Waals surface area contributed by atoms with E-state index in [-0.39, 0.29) is 67.1 Å². The molecule has 15 heteroatoms. The van der Waals surface area contributed by atoms with Crippen LogP contribution in [0.1, 0.15) is 18.4 Å². The number of methoxy groups -OCH3 is 6. The average molecular weight is 637 g/mol. The van der Waals surface area contributed by atoms with Gasteiger partial charge in [0, 0.05) is 64.6 Å². The molecule has 246 valence electrons. The predicted molar refractivity (Wildman–Crippen MR) is 149 cm³/mol. The van der Waals surface area contributed by atoms with Crippen LogP contribution in [-0.2, 0) is 57.0 Å². The minimum atomic E-state index is -1.86. The molecule has 3 aliphatic rings. The van der Waals surface area contributed by atoms with Crippen LogP contribution in [0.3, 0.4) is 0 Å². The van der Waals surface area contributed by atoms with Crippen LogP contribution >= 0.6 is 0 Å². The van der Waals surface area contributed by atoms with E-state index in [0.717, 1.165) is 0 Å². The van der Waals surface area contributed by atoms with Gasteiger partial charge in [-0.25, -0.2) is 4.79 Å². The van der Waals surface area contributed by atoms with Crippen molar-refractivity contribution in [2.24, 2.45) is 11.8 Å². The van der Waals surface area contributed by atoms with Crippen molar-refractivity contribution in [1.82, 2.24) is 0 Å². The van der Waals surface area contributed by atoms with Crippen molar-refractivity contribution in [1.29, 1.82) is 0 Å². The van der Waals surface area contributed by atoms with Crippen LogP contribution in [0.15, 0.2) is 46.9 Å². The first-order valence-corrected chi connectivity index (χ1v) is 13.6. The maximum absolute atomic E-state index is 13.6. The molecule has 15 nitrogen and oxygen atoms in total. The first-order chi connectivity index (χ1) is 21.7. The third kappa shape index (κ3) is 6.48. The van der Waals surface area contributed by atoms with E-state index in [1.165, 1.54) is 67.8 Å². The molecule has 0 fully saturated rings. The maximum Gasteiger partial charge on any atom is 0.334 e. The lowest BCUT2D eigenvalue weighted by molar-refractivity contribution is -0.261. The molecule has 0 bridgehead atoms. The third-order valence-electron chi connectivity index (χ3n) is 7.21. The van der Waals surface area contributed by atoms with Gasteiger partial charge in [0.2, 0.25) is 0 Å². The Kier molecular flexibility index (Phi) is 11.1. The Morgan fingerprint density at radius 3 is 2.00 bits per heavy atom. The molecule has 4 rings (SSSR count). The minimum absolute atomic E-state index is 0.0212. The van der Waals surface area contributed by atoms with Crippen molar-refractivity contribution >= 4 is 17.9 Å². The highest BCUT2D eigenvalue weighted by Crippen LogP contribution is 2.61. The molecule has 0 saturated carbocycles. The largest absolute Gasteiger partial charge is 0.469 e. The zero-order chi connectivity index (χ0) is 32.7. The molecule has 1 aromatic rings. The maximum atomic E-state index is 13.6. The van der Waals surface area contributed by atoms with Crippen LogP contribution in [-0.4, -0.2) is 93.5 Å². The van der Waals surface area contributed by atoms with Gasteiger partial charge in [-0.15, -0.1) is 0 Å². The van der Waals surface area contributed by atoms with Gasteiger partial charge in [-0.1, -0.05) is 0 Å². The van der Waals surface area contributed by atoms with E-state index in [9.17, 15) is 14.4 Å². The van der Waals surface area contributed by atoms with Crippen LogP contribution in [0.25, 0.3) is 0 Å². The van der Waals surface area contributed by atoms with E-state index in [1.807, 2.05) is 0 Å². The SMILES string of the molecule is COCOC1=CC(OC(C)=O)=C2C=C(C(=O)OC)[C@@H](C(=O)OC)[C@@H]3c4cc(OCOC)c(OCOC)cc4O[C@@]1(OCOC)[C@H]23. The molecule has 0 N–H and O–H groups in total. The number of carbonyl (C=O) groups is 3. The highest BCUT2D eigenvalue weighted by Gasteiger charge is 2.64. The molecule has 0 aromatic heterocycles. The molecule has 4 atom stereocenters. The van der Waals surface area contributed by atoms with Crippen LogP contribution in [0, 0.1) is 11.8 Å². The minimum Gasteiger partial charge on any atom is -0.469 e. The number of hydrogen-bond donors (Lipinski definition) is 0. The Balaban J connectivity index is 2.13. The van der Waals surface area contributed by atoms with Crippen LogP contribution < -0.4 is 14.2 Å². The smallest absolute Gasteiger partial charge is 0.334 e. The fourth-order valence-corrected chi connectivity index (χ4v) is 5.61. The molecule has 0 unspecified atom stereocenters. The van der Waals surface area contributed by atoms with E-state index < -0.39 is 41.4 Å². The van der Waals surface area contributed by atoms with Gasteiger partial charge in [0.15, 0.2) is 44.4 Å². The topological polar surface area (TPSA) is 162 Å². The molecular formula is C30H36O15. The molecule has 1 aromatic carbocycles. The summed E-state index contributed by atoms with van der Waals surface area (Å²) in [6.07, 6.45) is 2.81. The fraction of sp³-hybridized carbons (Fsp3) is 0.500. The second-order valence-electron chi connectivity index (χ2n) is 9.83. The number of carbonyl (C=O) groups excluding carboxylic acids is 3. The quantitative estimate of drug-likeness (QED) is 0.156. The van der Waals surface area contributed by atoms with E-state index in [0.29, 0.717) is 5.56 Å². The van der Waals surface area contributed by atoms with E-state index in [4.69, 9.17) is 56.8 Å². The van der Waals surface area contributed by atoms with E-state index in [2.05, 4.69) is 0 Å². The Bertz CT molecular complexity index is 1380. The number of ether oxygens (including phenoxy) is 12. The standard InChI is InChI=1S/C30H36O15/c1-16(31)44-20-11-24(42-14-36-4)30(43-15-37-5)27-18(20)8-19(28(32)38-6)26(29(33)39-7)25(27)17-9-22(40-12-34-2)23(41-13-35-3)10-21(17)45-30/h8-11,25-27H,12-15H2,1-7H3/t25-,26+,27+,30+/m0/s1. The van der Waals surface area contributed by atoms with Gasteiger partial charge in [-0.2, -0.15) is 0 Å². The summed E-state index contributed by atoms with van der Waals surface area (Å²) in [7, 11) is 8.11. The molecule has 0 radical (unpaired) electrons. The molecule has 2 aliphatic carbocycles. The van der Waals surface area contributed by atoms with Crippen LogP contribution in [0.5, 0.6) is 17.2 Å². The number of rotatable bonds is 15. The van der Waals surface area contributed by atoms with Gasteiger partial charge in [-0.3, -0.25) is 9.59 Å². The summed E-state index contributed by atoms with van der Waals surface area (Å²) in [5, 5.41) is 0. The van der Waals surface area contributed by atoms with Crippen molar-refractivity contribution in [2.45, 2.75) is 18.6 Å². The zero-order valence-electron chi connectivity index (χ0n) is 26.0. The summed E-state index contributed by atoms with van der Waals surface area (Å²) >= 11 is 0. The Morgan fingerprint density at radius 2 is 1.42 bits per heavy atom. The van der Waals surface area contributed by atoms with Gasteiger partial charge in [0.05, 0.1) is 31.6 Å². The Hall–Kier alpha value is -4.15. The molecule has 45 heavy (non-hydrogen) atoms. The summed E-state index contributed by atoms with van der Waals surface area (Å²) in [5.74, 6) is -6.71. The van der Waals surface area contributed by atoms with Gasteiger partial charge >= 0.3 is 17.9 Å². The summed E-state index contributed by atoms with van der Waals surface area (Å²) in [4.78, 5) is 39.2. The summed E-state index contributed by atoms with van der Waals surface area (Å²) in [6.45, 7) is 0.374. The Morgan fingerprint density at radius 1 is 0.800 bits per heavy atom. The molecular weight excluding hydrogens is 600 g/mol. The normalized spacial score (nSPS) is 23.0. The predicted octanol–water partition coefficient (Wildman–Crippen LogP) is 2.30. The highest BCUT2D eigenvalue weighted by molar-refractivity contribution is 5.97. The fourth-order valence-electron chi connectivity index (χ4n) is 5.61. The van der Waals surface area contributed by atoms with Crippen LogP contribution in [0.2, 0.25) is 0 Å². The molecule has 0 amide bonds. The monoisotopic (exact) mass is 636 g/mol. The highest BCUT2D eigenvalue weighted by atomic mass is 16.8. The first-order valence-electron chi connectivity index (χ1n) is 13.6. The van der Waals surface area contributed by atoms with Crippen molar-refractivity contribution in [3.8, 4) is 17.2 Å². The van der Waals surface area contributed by atoms with E-state index >= 15 is 0 Å². The molecule has 1 aliphatic heterocycles. The second kappa shape index (κ2) is 14.8. The lowest BCUT2D eigenvalue weighted by atomic mass is 9.60. The number of allylic oxidation sites excluding steroid dienone is 2. The number of fused-ring (bicyclic) bond motifs is 2. The number of benzene rings is 1. The summed E-state index contributed by atoms with van der Waals surface area (Å²) in [5.41, 5.74) is 0.610. The van der Waals surface area contributed by atoms with Crippen molar-refractivity contribution in [3.63, 3.8) is 0 Å². The van der Waals surface area contributed by atoms with Crippen molar-refractivity contribution < 1.29 is 71.2 Å². The van der Waals surface area contributed by atoms with E-state index in [1.54, 1.807) is 6.07 Å². The molecule has 0 saturated heterocycles. The third-order valence-corrected chi connectivity index (χ3v) is 7.21. The Labute approximate surface area is 259 Å². The van der Waals surface area contributed by atoms with Crippen LogP contribution in [0.4, 0.5) is 0 Å². The lowest BCUT2D eigenvalue weighted by Gasteiger charge is -2.53. The zero-order valence-corrected chi connectivity index (χ0v) is 26.0. The number of esters is 3. The molecule has 0 spiro atoms. The second-order valence-corrected chi connectivity index (χ2v) is 9.83. The van der Waals surface area contributed by atoms with Crippen molar-refractivity contribution in [3.05, 3.63) is 52.5 Å². The first kappa shape index (κ1) is 33.7. The lowest BCUT2D eigenvalue weighted by Crippen LogP contribution is -2.59. The van der Waals surface area contributed by atoms with Gasteiger partial charge in [-0.05, 0) is 12.1 Å². The summed E-state index contributed by atoms with van der Waals surface area (Å²) in [6, 6.07) is 3.12.